The molecule has 0 aromatic heterocycles. The lowest BCUT2D eigenvalue weighted by Crippen LogP contribution is -2.52. The lowest BCUT2D eigenvalue weighted by atomic mass is 9.97. The number of carbonyl (C=O) groups is 2. The normalized spacial score (nSPS) is 18.6. The molecule has 0 spiro atoms. The van der Waals surface area contributed by atoms with Crippen molar-refractivity contribution in [2.45, 2.75) is 12.8 Å². The van der Waals surface area contributed by atoms with Crippen LogP contribution in [0.4, 0.5) is 4.39 Å². The molecule has 0 aliphatic carbocycles. The SMILES string of the molecule is CN1CC=C(c2cc(Cl)ccc2OCC2CN(C(=O)c3cc4c(cc3F)OCC(=O)C4)C2)CC1. The molecule has 3 aliphatic rings. The number of ether oxygens (including phenoxy) is 2. The Balaban J connectivity index is 1.21. The first kappa shape index (κ1) is 22.9. The molecule has 1 fully saturated rings. The van der Waals surface area contributed by atoms with Gasteiger partial charge in [-0.15, -0.1) is 0 Å². The zero-order valence-electron chi connectivity index (χ0n) is 19.0. The van der Waals surface area contributed by atoms with Crippen molar-refractivity contribution >= 4 is 28.9 Å². The van der Waals surface area contributed by atoms with E-state index in [0.29, 0.717) is 36.0 Å². The van der Waals surface area contributed by atoms with Crippen LogP contribution >= 0.6 is 11.6 Å². The Morgan fingerprint density at radius 1 is 1.26 bits per heavy atom. The number of benzene rings is 2. The second-order valence-corrected chi connectivity index (χ2v) is 9.65. The predicted molar refractivity (Wildman–Crippen MR) is 127 cm³/mol. The van der Waals surface area contributed by atoms with E-state index in [1.807, 2.05) is 18.2 Å². The fraction of sp³-hybridized carbons (Fsp3) is 0.385. The molecule has 178 valence electrons. The molecule has 0 radical (unpaired) electrons. The first-order valence-electron chi connectivity index (χ1n) is 11.4. The monoisotopic (exact) mass is 484 g/mol. The lowest BCUT2D eigenvalue weighted by Gasteiger charge is -2.39. The number of halogens is 2. The fourth-order valence-corrected chi connectivity index (χ4v) is 4.74. The molecule has 0 saturated carbocycles. The number of hydrogen-bond donors (Lipinski definition) is 0. The van der Waals surface area contributed by atoms with Gasteiger partial charge in [-0.25, -0.2) is 4.39 Å². The largest absolute Gasteiger partial charge is 0.493 e. The number of nitrogens with zero attached hydrogens (tertiary/aromatic N) is 2. The standard InChI is InChI=1S/C26H26ClFN2O4/c1-29-6-4-17(5-7-29)21-10-19(27)2-3-24(21)33-14-16-12-30(13-16)26(32)22-9-18-8-20(31)15-34-25(18)11-23(22)28/h2-4,9-11,16H,5-8,12-15H2,1H3. The van der Waals surface area contributed by atoms with Gasteiger partial charge in [-0.1, -0.05) is 17.7 Å². The first-order chi connectivity index (χ1) is 16.4. The molecule has 1 saturated heterocycles. The summed E-state index contributed by atoms with van der Waals surface area (Å²) < 4.78 is 25.9. The highest BCUT2D eigenvalue weighted by molar-refractivity contribution is 6.30. The highest BCUT2D eigenvalue weighted by Gasteiger charge is 2.34. The average Bonchev–Trinajstić information content (AvgIpc) is 2.79. The Kier molecular flexibility index (Phi) is 6.32. The summed E-state index contributed by atoms with van der Waals surface area (Å²) in [6.45, 7) is 3.25. The van der Waals surface area contributed by atoms with Crippen LogP contribution in [-0.4, -0.2) is 67.9 Å². The minimum absolute atomic E-state index is 0.0226. The van der Waals surface area contributed by atoms with Gasteiger partial charge in [0.05, 0.1) is 12.2 Å². The summed E-state index contributed by atoms with van der Waals surface area (Å²) in [4.78, 5) is 28.4. The second-order valence-electron chi connectivity index (χ2n) is 9.21. The van der Waals surface area contributed by atoms with Crippen molar-refractivity contribution < 1.29 is 23.5 Å². The summed E-state index contributed by atoms with van der Waals surface area (Å²) in [6, 6.07) is 8.31. The first-order valence-corrected chi connectivity index (χ1v) is 11.8. The summed E-state index contributed by atoms with van der Waals surface area (Å²) in [5, 5.41) is 0.668. The van der Waals surface area contributed by atoms with Crippen molar-refractivity contribution in [3.8, 4) is 11.5 Å². The van der Waals surface area contributed by atoms with E-state index in [1.54, 1.807) is 4.90 Å². The minimum atomic E-state index is -0.630. The van der Waals surface area contributed by atoms with Crippen LogP contribution < -0.4 is 9.47 Å². The molecule has 0 bridgehead atoms. The van der Waals surface area contributed by atoms with Gasteiger partial charge in [-0.2, -0.15) is 0 Å². The molecular weight excluding hydrogens is 459 g/mol. The van der Waals surface area contributed by atoms with Crippen LogP contribution in [0, 0.1) is 11.7 Å². The molecule has 0 unspecified atom stereocenters. The molecule has 6 nitrogen and oxygen atoms in total. The smallest absolute Gasteiger partial charge is 0.256 e. The quantitative estimate of drug-likeness (QED) is 0.645. The van der Waals surface area contributed by atoms with E-state index in [9.17, 15) is 14.0 Å². The zero-order chi connectivity index (χ0) is 23.8. The molecule has 3 heterocycles. The molecule has 0 N–H and O–H groups in total. The van der Waals surface area contributed by atoms with E-state index in [0.717, 1.165) is 30.8 Å². The molecular formula is C26H26ClFN2O4. The third kappa shape index (κ3) is 4.68. The molecule has 1 amide bonds. The highest BCUT2D eigenvalue weighted by Crippen LogP contribution is 2.34. The van der Waals surface area contributed by atoms with E-state index in [1.165, 1.54) is 17.7 Å². The fourth-order valence-electron chi connectivity index (χ4n) is 4.57. The molecule has 0 atom stereocenters. The van der Waals surface area contributed by atoms with Crippen molar-refractivity contribution in [3.63, 3.8) is 0 Å². The van der Waals surface area contributed by atoms with Crippen LogP contribution in [0.5, 0.6) is 11.5 Å². The Labute approximate surface area is 202 Å². The molecule has 5 rings (SSSR count). The van der Waals surface area contributed by atoms with Crippen molar-refractivity contribution in [2.24, 2.45) is 5.92 Å². The summed E-state index contributed by atoms with van der Waals surface area (Å²) >= 11 is 6.25. The molecule has 8 heteroatoms. The van der Waals surface area contributed by atoms with Crippen LogP contribution in [0.3, 0.4) is 0 Å². The summed E-state index contributed by atoms with van der Waals surface area (Å²) in [5.74, 6) is 0.187. The number of carbonyl (C=O) groups excluding carboxylic acids is 2. The Morgan fingerprint density at radius 3 is 2.85 bits per heavy atom. The van der Waals surface area contributed by atoms with E-state index in [-0.39, 0.29) is 36.2 Å². The minimum Gasteiger partial charge on any atom is -0.493 e. The number of likely N-dealkylation sites (N-methyl/N-ethyl adjacent to an activating group) is 1. The van der Waals surface area contributed by atoms with Crippen LogP contribution in [0.25, 0.3) is 5.57 Å². The van der Waals surface area contributed by atoms with Crippen LogP contribution in [0.2, 0.25) is 5.02 Å². The highest BCUT2D eigenvalue weighted by atomic mass is 35.5. The third-order valence-electron chi connectivity index (χ3n) is 6.58. The molecule has 34 heavy (non-hydrogen) atoms. The maximum atomic E-state index is 14.5. The number of amides is 1. The van der Waals surface area contributed by atoms with E-state index in [4.69, 9.17) is 21.1 Å². The molecule has 2 aromatic carbocycles. The Bertz CT molecular complexity index is 1180. The number of hydrogen-bond acceptors (Lipinski definition) is 5. The van der Waals surface area contributed by atoms with E-state index >= 15 is 0 Å². The average molecular weight is 485 g/mol. The van der Waals surface area contributed by atoms with Crippen molar-refractivity contribution in [2.75, 3.05) is 46.4 Å². The van der Waals surface area contributed by atoms with Gasteiger partial charge in [-0.3, -0.25) is 9.59 Å². The zero-order valence-corrected chi connectivity index (χ0v) is 19.7. The number of likely N-dealkylation sites (tertiary alicyclic amines) is 1. The third-order valence-corrected chi connectivity index (χ3v) is 6.81. The maximum absolute atomic E-state index is 14.5. The topological polar surface area (TPSA) is 59.1 Å². The van der Waals surface area contributed by atoms with Gasteiger partial charge in [0.1, 0.15) is 23.9 Å². The van der Waals surface area contributed by atoms with Gasteiger partial charge in [0, 0.05) is 60.7 Å². The van der Waals surface area contributed by atoms with E-state index in [2.05, 4.69) is 18.0 Å². The van der Waals surface area contributed by atoms with Crippen molar-refractivity contribution in [1.29, 1.82) is 0 Å². The van der Waals surface area contributed by atoms with Crippen LogP contribution in [-0.2, 0) is 11.2 Å². The van der Waals surface area contributed by atoms with E-state index < -0.39 is 5.82 Å². The van der Waals surface area contributed by atoms with Gasteiger partial charge in [-0.05, 0) is 43.3 Å². The summed E-state index contributed by atoms with van der Waals surface area (Å²) in [6.07, 6.45) is 3.29. The van der Waals surface area contributed by atoms with Crippen LogP contribution in [0.1, 0.15) is 27.9 Å². The van der Waals surface area contributed by atoms with Gasteiger partial charge in [0.2, 0.25) is 0 Å². The van der Waals surface area contributed by atoms with Gasteiger partial charge < -0.3 is 19.3 Å². The Morgan fingerprint density at radius 2 is 2.09 bits per heavy atom. The predicted octanol–water partition coefficient (Wildman–Crippen LogP) is 3.85. The Hall–Kier alpha value is -2.90. The number of Topliss-reactive ketones (excluding diaryl/α,β-unsaturated/α-hetero) is 1. The van der Waals surface area contributed by atoms with Gasteiger partial charge in [0.15, 0.2) is 5.78 Å². The second kappa shape index (κ2) is 9.39. The van der Waals surface area contributed by atoms with Crippen molar-refractivity contribution in [3.05, 3.63) is 63.9 Å². The van der Waals surface area contributed by atoms with Gasteiger partial charge in [0.25, 0.3) is 5.91 Å². The number of ketones is 1. The lowest BCUT2D eigenvalue weighted by molar-refractivity contribution is -0.121. The van der Waals surface area contributed by atoms with Crippen molar-refractivity contribution in [1.82, 2.24) is 9.80 Å². The number of fused-ring (bicyclic) bond motifs is 1. The summed E-state index contributed by atoms with van der Waals surface area (Å²) in [5.41, 5.74) is 2.78. The van der Waals surface area contributed by atoms with Gasteiger partial charge >= 0.3 is 0 Å². The maximum Gasteiger partial charge on any atom is 0.256 e. The molecule has 3 aliphatic heterocycles. The van der Waals surface area contributed by atoms with Crippen LogP contribution in [0.15, 0.2) is 36.4 Å². The molecule has 2 aromatic rings. The number of rotatable bonds is 5. The summed E-state index contributed by atoms with van der Waals surface area (Å²) in [7, 11) is 2.09.